The van der Waals surface area contributed by atoms with Crippen molar-refractivity contribution in [3.63, 3.8) is 0 Å². The lowest BCUT2D eigenvalue weighted by molar-refractivity contribution is -0.0353. The maximum absolute atomic E-state index is 10.7. The normalized spacial score (nSPS) is 24.8. The molecule has 1 aliphatic heterocycles. The van der Waals surface area contributed by atoms with Crippen molar-refractivity contribution in [1.82, 2.24) is 19.5 Å². The molecule has 172 valence electrons. The lowest BCUT2D eigenvalue weighted by Gasteiger charge is -2.18. The van der Waals surface area contributed by atoms with Crippen LogP contribution in [0, 0.1) is 0 Å². The van der Waals surface area contributed by atoms with Gasteiger partial charge in [-0.3, -0.25) is 4.57 Å². The molecule has 1 aliphatic rings. The topological polar surface area (TPSA) is 103 Å². The van der Waals surface area contributed by atoms with E-state index in [2.05, 4.69) is 54.5 Å². The van der Waals surface area contributed by atoms with E-state index < -0.39 is 31.4 Å². The first kappa shape index (κ1) is 23.9. The lowest BCUT2D eigenvalue weighted by Crippen LogP contribution is -2.31. The highest BCUT2D eigenvalue weighted by atomic mass is 31.2. The number of imidazole rings is 1. The molecule has 2 N–H and O–H groups in total. The molecule has 1 saturated heterocycles. The number of nitrogens with zero attached hydrogens (tertiary/aromatic N) is 4. The van der Waals surface area contributed by atoms with Gasteiger partial charge in [0, 0.05) is 0 Å². The molecule has 0 saturated carbocycles. The molecule has 2 aromatic heterocycles. The number of ether oxygens (including phenoxy) is 2. The van der Waals surface area contributed by atoms with Gasteiger partial charge in [0.25, 0.3) is 0 Å². The third-order valence-corrected chi connectivity index (χ3v) is 7.19. The molecule has 1 fully saturated rings. The van der Waals surface area contributed by atoms with E-state index in [0.29, 0.717) is 24.0 Å². The zero-order chi connectivity index (χ0) is 22.8. The quantitative estimate of drug-likeness (QED) is 0.447. The molecule has 0 spiro atoms. The number of aromatic nitrogens is 4. The molecule has 0 bridgehead atoms. The molecule has 2 aromatic rings. The van der Waals surface area contributed by atoms with Crippen LogP contribution in [0.3, 0.4) is 0 Å². The van der Waals surface area contributed by atoms with Gasteiger partial charge in [0.2, 0.25) is 0 Å². The zero-order valence-electron chi connectivity index (χ0n) is 19.2. The molecule has 0 radical (unpaired) electrons. The van der Waals surface area contributed by atoms with Crippen molar-refractivity contribution in [2.75, 3.05) is 26.6 Å². The molecular formula is C22H35N4O4P. The number of methoxy groups -OCH3 is 1. The van der Waals surface area contributed by atoms with Gasteiger partial charge in [0.15, 0.2) is 11.9 Å². The summed E-state index contributed by atoms with van der Waals surface area (Å²) in [5.41, 5.74) is 3.30. The highest BCUT2D eigenvalue weighted by Crippen LogP contribution is 2.40. The Labute approximate surface area is 184 Å². The molecule has 0 aromatic carbocycles. The van der Waals surface area contributed by atoms with Crippen LogP contribution in [-0.4, -0.2) is 80.9 Å². The Morgan fingerprint density at radius 2 is 2.06 bits per heavy atom. The summed E-state index contributed by atoms with van der Waals surface area (Å²) in [6.45, 7) is 7.28. The second-order valence-electron chi connectivity index (χ2n) is 8.92. The van der Waals surface area contributed by atoms with Crippen LogP contribution in [0.5, 0.6) is 6.01 Å². The average molecular weight is 451 g/mol. The Kier molecular flexibility index (Phi) is 7.58. The summed E-state index contributed by atoms with van der Waals surface area (Å²) in [5, 5.41) is 21.3. The summed E-state index contributed by atoms with van der Waals surface area (Å²) in [6.07, 6.45) is 8.83. The van der Waals surface area contributed by atoms with Crippen LogP contribution < -0.4 is 4.74 Å². The minimum absolute atomic E-state index is 0.244. The number of fused-ring (bicyclic) bond motifs is 1. The fraction of sp³-hybridized carbons (Fsp3) is 0.636. The standard InChI is InChI=1S/C22H35N4O4P/c1-7-14(2)9-8-10-15-17-20(25-22(24-15)29-3)26(13-23-17)21-19(28)18(27)16(30-21)11-12-31(4,5)6/h9,13,16,18-19,21,27-28H,4,7-8,10-12H2,1-3,5-6H3/b14-9-/t16?,18-,19-,21-/m1/s1. The molecule has 4 atom stereocenters. The van der Waals surface area contributed by atoms with E-state index in [1.165, 1.54) is 12.7 Å². The largest absolute Gasteiger partial charge is 0.467 e. The number of rotatable bonds is 9. The van der Waals surface area contributed by atoms with Crippen LogP contribution in [-0.2, 0) is 11.2 Å². The highest BCUT2D eigenvalue weighted by molar-refractivity contribution is 7.72. The number of hydrogen-bond acceptors (Lipinski definition) is 7. The first-order chi connectivity index (χ1) is 14.6. The smallest absolute Gasteiger partial charge is 0.318 e. The number of allylic oxidation sites excluding steroid dienone is 2. The Hall–Kier alpha value is -1.73. The first-order valence-corrected chi connectivity index (χ1v) is 13.8. The Morgan fingerprint density at radius 3 is 2.71 bits per heavy atom. The van der Waals surface area contributed by atoms with Crippen molar-refractivity contribution in [2.45, 2.75) is 64.1 Å². The second-order valence-corrected chi connectivity index (χ2v) is 13.2. The highest BCUT2D eigenvalue weighted by Gasteiger charge is 2.44. The Morgan fingerprint density at radius 1 is 1.32 bits per heavy atom. The molecule has 31 heavy (non-hydrogen) atoms. The molecular weight excluding hydrogens is 415 g/mol. The maximum Gasteiger partial charge on any atom is 0.318 e. The summed E-state index contributed by atoms with van der Waals surface area (Å²) in [6, 6.07) is 0.244. The summed E-state index contributed by atoms with van der Waals surface area (Å²) in [7, 11) is 1.52. The molecule has 9 heteroatoms. The van der Waals surface area contributed by atoms with Crippen LogP contribution in [0.25, 0.3) is 11.2 Å². The van der Waals surface area contributed by atoms with Crippen molar-refractivity contribution in [1.29, 1.82) is 0 Å². The monoisotopic (exact) mass is 450 g/mol. The van der Waals surface area contributed by atoms with Crippen molar-refractivity contribution in [3.8, 4) is 6.01 Å². The molecule has 0 amide bonds. The predicted octanol–water partition coefficient (Wildman–Crippen LogP) is 2.84. The van der Waals surface area contributed by atoms with Crippen LogP contribution in [0.2, 0.25) is 0 Å². The molecule has 3 rings (SSSR count). The zero-order valence-corrected chi connectivity index (χ0v) is 20.0. The van der Waals surface area contributed by atoms with Gasteiger partial charge >= 0.3 is 6.01 Å². The third kappa shape index (κ3) is 5.55. The number of aryl methyl sites for hydroxylation is 1. The van der Waals surface area contributed by atoms with Crippen LogP contribution in [0.1, 0.15) is 45.0 Å². The van der Waals surface area contributed by atoms with Gasteiger partial charge in [-0.25, -0.2) is 4.98 Å². The van der Waals surface area contributed by atoms with Crippen LogP contribution in [0.15, 0.2) is 18.0 Å². The van der Waals surface area contributed by atoms with E-state index in [-0.39, 0.29) is 6.01 Å². The Bertz CT molecular complexity index is 983. The SMILES string of the molecule is C=P(C)(C)CCC1O[C@@H](n2cnc3c(CC/C=C(/C)CC)nc(OC)nc32)[C@H](O)[C@@H]1O. The number of hydrogen-bond donors (Lipinski definition) is 2. The van der Waals surface area contributed by atoms with Crippen molar-refractivity contribution in [2.24, 2.45) is 0 Å². The van der Waals surface area contributed by atoms with E-state index in [9.17, 15) is 10.2 Å². The van der Waals surface area contributed by atoms with Crippen LogP contribution >= 0.6 is 6.89 Å². The first-order valence-electron chi connectivity index (χ1n) is 10.8. The van der Waals surface area contributed by atoms with E-state index in [4.69, 9.17) is 9.47 Å². The molecule has 1 unspecified atom stereocenters. The van der Waals surface area contributed by atoms with E-state index in [1.54, 1.807) is 10.9 Å². The van der Waals surface area contributed by atoms with Gasteiger partial charge in [-0.2, -0.15) is 9.97 Å². The number of aliphatic hydroxyl groups excluding tert-OH is 2. The summed E-state index contributed by atoms with van der Waals surface area (Å²) >= 11 is 0. The maximum atomic E-state index is 10.7. The minimum Gasteiger partial charge on any atom is -0.467 e. The minimum atomic E-state index is -1.25. The summed E-state index contributed by atoms with van der Waals surface area (Å²) < 4.78 is 13.1. The number of aliphatic hydroxyl groups is 2. The molecule has 8 nitrogen and oxygen atoms in total. The van der Waals surface area contributed by atoms with E-state index in [1.807, 2.05) is 0 Å². The molecule has 0 aliphatic carbocycles. The predicted molar refractivity (Wildman–Crippen MR) is 126 cm³/mol. The molecule has 3 heterocycles. The average Bonchev–Trinajstić information content (AvgIpc) is 3.27. The Balaban J connectivity index is 1.89. The van der Waals surface area contributed by atoms with Gasteiger partial charge in [-0.15, -0.1) is 13.2 Å². The van der Waals surface area contributed by atoms with Gasteiger partial charge < -0.3 is 19.7 Å². The van der Waals surface area contributed by atoms with Crippen molar-refractivity contribution >= 4 is 24.3 Å². The van der Waals surface area contributed by atoms with Gasteiger partial charge in [0.1, 0.15) is 17.7 Å². The van der Waals surface area contributed by atoms with Crippen molar-refractivity contribution < 1.29 is 19.7 Å². The van der Waals surface area contributed by atoms with E-state index in [0.717, 1.165) is 24.7 Å². The third-order valence-electron chi connectivity index (χ3n) is 5.72. The van der Waals surface area contributed by atoms with Gasteiger partial charge in [0.05, 0.1) is 25.2 Å². The van der Waals surface area contributed by atoms with Gasteiger partial charge in [-0.05, 0) is 52.1 Å². The van der Waals surface area contributed by atoms with Gasteiger partial charge in [-0.1, -0.05) is 18.6 Å². The van der Waals surface area contributed by atoms with E-state index >= 15 is 0 Å². The summed E-state index contributed by atoms with van der Waals surface area (Å²) in [4.78, 5) is 13.5. The van der Waals surface area contributed by atoms with Crippen LogP contribution in [0.4, 0.5) is 0 Å². The second kappa shape index (κ2) is 9.82. The lowest BCUT2D eigenvalue weighted by atomic mass is 10.1. The van der Waals surface area contributed by atoms with Crippen molar-refractivity contribution in [3.05, 3.63) is 23.7 Å². The summed E-state index contributed by atoms with van der Waals surface area (Å²) in [5.74, 6) is 0. The fourth-order valence-electron chi connectivity index (χ4n) is 3.68. The fourth-order valence-corrected chi connectivity index (χ4v) is 4.63.